The third kappa shape index (κ3) is 3.04. The molecule has 2 aromatic heterocycles. The normalized spacial score (nSPS) is 10.2. The Hall–Kier alpha value is -2.50. The summed E-state index contributed by atoms with van der Waals surface area (Å²) in [6.07, 6.45) is 3.08. The number of nitrogens with zero attached hydrogens (tertiary/aromatic N) is 4. The maximum absolute atomic E-state index is 11.2. The van der Waals surface area contributed by atoms with Crippen LogP contribution in [0, 0.1) is 0 Å². The Bertz CT molecular complexity index is 560. The molecule has 0 spiro atoms. The molecule has 0 aliphatic rings. The number of anilines is 1. The van der Waals surface area contributed by atoms with Gasteiger partial charge in [-0.15, -0.1) is 5.10 Å². The van der Waals surface area contributed by atoms with E-state index in [1.54, 1.807) is 6.20 Å². The summed E-state index contributed by atoms with van der Waals surface area (Å²) in [5, 5.41) is 16.9. The average Bonchev–Trinajstić information content (AvgIpc) is 2.46. The molecule has 2 aromatic rings. The van der Waals surface area contributed by atoms with Crippen LogP contribution < -0.4 is 4.90 Å². The maximum Gasteiger partial charge on any atom is 0.339 e. The summed E-state index contributed by atoms with van der Waals surface area (Å²) in [4.78, 5) is 17.2. The van der Waals surface area contributed by atoms with Crippen LogP contribution in [0.2, 0.25) is 0 Å². The van der Waals surface area contributed by atoms with Crippen molar-refractivity contribution in [3.8, 4) is 0 Å². The van der Waals surface area contributed by atoms with Gasteiger partial charge in [-0.05, 0) is 25.1 Å². The summed E-state index contributed by atoms with van der Waals surface area (Å²) in [6, 6.07) is 7.07. The molecular formula is C13H14N4O2. The van der Waals surface area contributed by atoms with Crippen molar-refractivity contribution >= 4 is 11.8 Å². The predicted molar refractivity (Wildman–Crippen MR) is 70.0 cm³/mol. The molecular weight excluding hydrogens is 244 g/mol. The molecule has 2 rings (SSSR count). The van der Waals surface area contributed by atoms with E-state index in [0.717, 1.165) is 5.69 Å². The highest BCUT2D eigenvalue weighted by Crippen LogP contribution is 2.17. The molecule has 0 radical (unpaired) electrons. The number of hydrogen-bond donors (Lipinski definition) is 1. The molecule has 0 amide bonds. The molecule has 0 saturated carbocycles. The summed E-state index contributed by atoms with van der Waals surface area (Å²) in [7, 11) is 0. The Labute approximate surface area is 110 Å². The van der Waals surface area contributed by atoms with Crippen LogP contribution in [0.1, 0.15) is 23.0 Å². The molecule has 0 saturated heterocycles. The Morgan fingerprint density at radius 2 is 2.16 bits per heavy atom. The van der Waals surface area contributed by atoms with E-state index in [-0.39, 0.29) is 5.56 Å². The second-order valence-corrected chi connectivity index (χ2v) is 3.91. The number of pyridine rings is 1. The number of carboxylic acid groups (broad SMARTS) is 1. The lowest BCUT2D eigenvalue weighted by atomic mass is 10.2. The smallest absolute Gasteiger partial charge is 0.339 e. The zero-order valence-electron chi connectivity index (χ0n) is 10.5. The van der Waals surface area contributed by atoms with E-state index >= 15 is 0 Å². The molecule has 0 aliphatic carbocycles. The molecule has 0 atom stereocenters. The van der Waals surface area contributed by atoms with Crippen LogP contribution >= 0.6 is 0 Å². The SMILES string of the molecule is CCN(Cc1ccccn1)c1nnccc1C(=O)O. The van der Waals surface area contributed by atoms with Crippen molar-refractivity contribution in [2.24, 2.45) is 0 Å². The van der Waals surface area contributed by atoms with Crippen LogP contribution in [0.3, 0.4) is 0 Å². The fourth-order valence-electron chi connectivity index (χ4n) is 1.75. The Morgan fingerprint density at radius 1 is 1.32 bits per heavy atom. The number of carbonyl (C=O) groups is 1. The van der Waals surface area contributed by atoms with Crippen molar-refractivity contribution in [3.63, 3.8) is 0 Å². The van der Waals surface area contributed by atoms with Gasteiger partial charge in [0, 0.05) is 12.7 Å². The summed E-state index contributed by atoms with van der Waals surface area (Å²) in [5.41, 5.74) is 0.999. The van der Waals surface area contributed by atoms with Gasteiger partial charge in [-0.25, -0.2) is 4.79 Å². The molecule has 0 aliphatic heterocycles. The van der Waals surface area contributed by atoms with E-state index in [0.29, 0.717) is 18.9 Å². The molecule has 0 fully saturated rings. The summed E-state index contributed by atoms with van der Waals surface area (Å²) >= 11 is 0. The van der Waals surface area contributed by atoms with E-state index in [4.69, 9.17) is 5.11 Å². The van der Waals surface area contributed by atoms with E-state index < -0.39 is 5.97 Å². The fourth-order valence-corrected chi connectivity index (χ4v) is 1.75. The average molecular weight is 258 g/mol. The fraction of sp³-hybridized carbons (Fsp3) is 0.231. The first-order valence-electron chi connectivity index (χ1n) is 5.92. The van der Waals surface area contributed by atoms with Crippen LogP contribution in [0.15, 0.2) is 36.7 Å². The van der Waals surface area contributed by atoms with E-state index in [2.05, 4.69) is 15.2 Å². The van der Waals surface area contributed by atoms with Crippen molar-refractivity contribution < 1.29 is 9.90 Å². The zero-order valence-corrected chi connectivity index (χ0v) is 10.5. The van der Waals surface area contributed by atoms with Crippen LogP contribution in [-0.4, -0.2) is 32.8 Å². The van der Waals surface area contributed by atoms with E-state index in [1.807, 2.05) is 30.0 Å². The van der Waals surface area contributed by atoms with Crippen LogP contribution in [0.25, 0.3) is 0 Å². The summed E-state index contributed by atoms with van der Waals surface area (Å²) < 4.78 is 0. The molecule has 0 bridgehead atoms. The van der Waals surface area contributed by atoms with Gasteiger partial charge in [-0.1, -0.05) is 6.07 Å². The summed E-state index contributed by atoms with van der Waals surface area (Å²) in [5.74, 6) is -0.646. The van der Waals surface area contributed by atoms with E-state index in [1.165, 1.54) is 12.3 Å². The van der Waals surface area contributed by atoms with Gasteiger partial charge in [0.1, 0.15) is 5.56 Å². The largest absolute Gasteiger partial charge is 0.478 e. The Kier molecular flexibility index (Phi) is 4.02. The minimum atomic E-state index is -1.01. The highest BCUT2D eigenvalue weighted by atomic mass is 16.4. The van der Waals surface area contributed by atoms with E-state index in [9.17, 15) is 4.79 Å². The number of aromatic nitrogens is 3. The summed E-state index contributed by atoms with van der Waals surface area (Å²) in [6.45, 7) is 3.05. The highest BCUT2D eigenvalue weighted by Gasteiger charge is 2.17. The Morgan fingerprint density at radius 3 is 2.79 bits per heavy atom. The number of aromatic carboxylic acids is 1. The standard InChI is InChI=1S/C13H14N4O2/c1-2-17(9-10-5-3-4-7-14-10)12-11(13(18)19)6-8-15-16-12/h3-8H,2,9H2,1H3,(H,18,19). The second-order valence-electron chi connectivity index (χ2n) is 3.91. The van der Waals surface area contributed by atoms with Crippen LogP contribution in [-0.2, 0) is 6.54 Å². The first kappa shape index (κ1) is 12.9. The van der Waals surface area contributed by atoms with Crippen molar-refractivity contribution in [1.29, 1.82) is 0 Å². The van der Waals surface area contributed by atoms with Gasteiger partial charge in [0.15, 0.2) is 5.82 Å². The van der Waals surface area contributed by atoms with Crippen LogP contribution in [0.5, 0.6) is 0 Å². The molecule has 19 heavy (non-hydrogen) atoms. The third-order valence-electron chi connectivity index (χ3n) is 2.69. The van der Waals surface area contributed by atoms with Gasteiger partial charge >= 0.3 is 5.97 Å². The minimum Gasteiger partial charge on any atom is -0.478 e. The zero-order chi connectivity index (χ0) is 13.7. The number of hydrogen-bond acceptors (Lipinski definition) is 5. The molecule has 0 aromatic carbocycles. The maximum atomic E-state index is 11.2. The molecule has 2 heterocycles. The topological polar surface area (TPSA) is 79.2 Å². The number of carboxylic acids is 1. The van der Waals surface area contributed by atoms with Crippen molar-refractivity contribution in [3.05, 3.63) is 47.9 Å². The third-order valence-corrected chi connectivity index (χ3v) is 2.69. The second kappa shape index (κ2) is 5.90. The molecule has 6 nitrogen and oxygen atoms in total. The first-order chi connectivity index (χ1) is 9.22. The van der Waals surface area contributed by atoms with Gasteiger partial charge in [-0.3, -0.25) is 4.98 Å². The Balaban J connectivity index is 2.30. The predicted octanol–water partition coefficient (Wildman–Crippen LogP) is 1.60. The monoisotopic (exact) mass is 258 g/mol. The van der Waals surface area contributed by atoms with Crippen molar-refractivity contribution in [2.45, 2.75) is 13.5 Å². The lowest BCUT2D eigenvalue weighted by molar-refractivity contribution is 0.0697. The van der Waals surface area contributed by atoms with Crippen molar-refractivity contribution in [2.75, 3.05) is 11.4 Å². The quantitative estimate of drug-likeness (QED) is 0.877. The minimum absolute atomic E-state index is 0.146. The van der Waals surface area contributed by atoms with Crippen molar-refractivity contribution in [1.82, 2.24) is 15.2 Å². The molecule has 0 unspecified atom stereocenters. The first-order valence-corrected chi connectivity index (χ1v) is 5.92. The van der Waals surface area contributed by atoms with Gasteiger partial charge in [0.2, 0.25) is 0 Å². The molecule has 6 heteroatoms. The highest BCUT2D eigenvalue weighted by molar-refractivity contribution is 5.93. The van der Waals surface area contributed by atoms with Gasteiger partial charge in [0.25, 0.3) is 0 Å². The molecule has 1 N–H and O–H groups in total. The van der Waals surface area contributed by atoms with Gasteiger partial charge in [-0.2, -0.15) is 5.10 Å². The lowest BCUT2D eigenvalue weighted by Gasteiger charge is -2.22. The number of rotatable bonds is 5. The van der Waals surface area contributed by atoms with Crippen LogP contribution in [0.4, 0.5) is 5.82 Å². The molecule has 98 valence electrons. The van der Waals surface area contributed by atoms with Gasteiger partial charge in [0.05, 0.1) is 18.4 Å². The van der Waals surface area contributed by atoms with Gasteiger partial charge < -0.3 is 10.0 Å². The lowest BCUT2D eigenvalue weighted by Crippen LogP contribution is -2.26.